The lowest BCUT2D eigenvalue weighted by Gasteiger charge is -2.15. The molecule has 0 aliphatic rings. The van der Waals surface area contributed by atoms with Crippen LogP contribution in [0.5, 0.6) is 5.75 Å². The molecule has 2 N–H and O–H groups in total. The van der Waals surface area contributed by atoms with Crippen LogP contribution in [-0.2, 0) is 11.3 Å². The standard InChI is InChI=1S/C10H10F4N2O3/c1-2-18-9(17)7-6(3-15)16-4-5(11)8(7)19-10(12,13)14/h4H,2-3,15H2,1H3. The summed E-state index contributed by atoms with van der Waals surface area (Å²) in [5.41, 5.74) is 4.22. The summed E-state index contributed by atoms with van der Waals surface area (Å²) < 4.78 is 58.0. The average Bonchev–Trinajstić information content (AvgIpc) is 2.30. The van der Waals surface area contributed by atoms with Crippen molar-refractivity contribution in [2.75, 3.05) is 6.61 Å². The fourth-order valence-electron chi connectivity index (χ4n) is 1.29. The van der Waals surface area contributed by atoms with E-state index in [1.807, 2.05) is 0 Å². The monoisotopic (exact) mass is 282 g/mol. The molecule has 0 unspecified atom stereocenters. The van der Waals surface area contributed by atoms with E-state index in [-0.39, 0.29) is 18.8 Å². The second-order valence-electron chi connectivity index (χ2n) is 3.23. The Balaban J connectivity index is 3.36. The molecule has 1 aromatic rings. The summed E-state index contributed by atoms with van der Waals surface area (Å²) >= 11 is 0. The van der Waals surface area contributed by atoms with Crippen LogP contribution in [0.4, 0.5) is 17.6 Å². The summed E-state index contributed by atoms with van der Waals surface area (Å²) in [4.78, 5) is 15.0. The number of carbonyl (C=O) groups excluding carboxylic acids is 1. The molecular formula is C10H10F4N2O3. The van der Waals surface area contributed by atoms with Crippen molar-refractivity contribution >= 4 is 5.97 Å². The number of aromatic nitrogens is 1. The lowest BCUT2D eigenvalue weighted by molar-refractivity contribution is -0.275. The first-order chi connectivity index (χ1) is 8.80. The number of hydrogen-bond donors (Lipinski definition) is 1. The quantitative estimate of drug-likeness (QED) is 0.672. The number of hydrogen-bond acceptors (Lipinski definition) is 5. The minimum absolute atomic E-state index is 0.106. The number of rotatable bonds is 4. The van der Waals surface area contributed by atoms with Crippen LogP contribution < -0.4 is 10.5 Å². The van der Waals surface area contributed by atoms with Crippen LogP contribution in [0.1, 0.15) is 23.0 Å². The van der Waals surface area contributed by atoms with Crippen molar-refractivity contribution in [3.63, 3.8) is 0 Å². The number of ether oxygens (including phenoxy) is 2. The lowest BCUT2D eigenvalue weighted by Crippen LogP contribution is -2.22. The van der Waals surface area contributed by atoms with E-state index in [1.54, 1.807) is 0 Å². The number of nitrogens with two attached hydrogens (primary N) is 1. The summed E-state index contributed by atoms with van der Waals surface area (Å²) in [6, 6.07) is 0. The van der Waals surface area contributed by atoms with Gasteiger partial charge in [-0.05, 0) is 6.92 Å². The molecule has 1 aromatic heterocycles. The number of nitrogens with zero attached hydrogens (tertiary/aromatic N) is 1. The molecule has 1 heterocycles. The normalized spacial score (nSPS) is 11.3. The zero-order valence-corrected chi connectivity index (χ0v) is 9.75. The molecule has 0 aliphatic heterocycles. The Morgan fingerprint density at radius 3 is 2.58 bits per heavy atom. The molecule has 0 atom stereocenters. The van der Waals surface area contributed by atoms with Crippen LogP contribution in [0.15, 0.2) is 6.20 Å². The lowest BCUT2D eigenvalue weighted by atomic mass is 10.1. The highest BCUT2D eigenvalue weighted by Gasteiger charge is 2.36. The molecular weight excluding hydrogens is 272 g/mol. The maximum Gasteiger partial charge on any atom is 0.573 e. The highest BCUT2D eigenvalue weighted by atomic mass is 19.4. The maximum atomic E-state index is 13.4. The van der Waals surface area contributed by atoms with Crippen molar-refractivity contribution in [3.8, 4) is 5.75 Å². The van der Waals surface area contributed by atoms with Crippen LogP contribution in [0, 0.1) is 5.82 Å². The van der Waals surface area contributed by atoms with Gasteiger partial charge in [-0.25, -0.2) is 9.18 Å². The molecule has 1 rings (SSSR count). The van der Waals surface area contributed by atoms with Crippen LogP contribution in [0.3, 0.4) is 0 Å². The summed E-state index contributed by atoms with van der Waals surface area (Å²) in [6.07, 6.45) is -4.67. The third-order valence-corrected chi connectivity index (χ3v) is 1.96. The predicted molar refractivity (Wildman–Crippen MR) is 54.7 cm³/mol. The number of pyridine rings is 1. The van der Waals surface area contributed by atoms with E-state index in [0.29, 0.717) is 6.20 Å². The molecule has 106 valence electrons. The molecule has 0 fully saturated rings. The summed E-state index contributed by atoms with van der Waals surface area (Å²) in [5, 5.41) is 0. The molecule has 19 heavy (non-hydrogen) atoms. The van der Waals surface area contributed by atoms with Gasteiger partial charge in [0.2, 0.25) is 0 Å². The van der Waals surface area contributed by atoms with Gasteiger partial charge in [-0.3, -0.25) is 4.98 Å². The summed E-state index contributed by atoms with van der Waals surface area (Å²) in [7, 11) is 0. The zero-order chi connectivity index (χ0) is 14.6. The van der Waals surface area contributed by atoms with Crippen LogP contribution in [0.25, 0.3) is 0 Å². The second-order valence-corrected chi connectivity index (χ2v) is 3.23. The van der Waals surface area contributed by atoms with Crippen LogP contribution in [0.2, 0.25) is 0 Å². The average molecular weight is 282 g/mol. The second kappa shape index (κ2) is 5.83. The molecule has 0 radical (unpaired) electrons. The van der Waals surface area contributed by atoms with Crippen molar-refractivity contribution in [3.05, 3.63) is 23.3 Å². The van der Waals surface area contributed by atoms with Crippen LogP contribution >= 0.6 is 0 Å². The molecule has 0 amide bonds. The Bertz CT molecular complexity index is 477. The SMILES string of the molecule is CCOC(=O)c1c(CN)ncc(F)c1OC(F)(F)F. The highest BCUT2D eigenvalue weighted by Crippen LogP contribution is 2.31. The first kappa shape index (κ1) is 15.2. The van der Waals surface area contributed by atoms with Crippen molar-refractivity contribution in [2.45, 2.75) is 19.8 Å². The molecule has 5 nitrogen and oxygen atoms in total. The van der Waals surface area contributed by atoms with E-state index >= 15 is 0 Å². The molecule has 0 aliphatic carbocycles. The smallest absolute Gasteiger partial charge is 0.462 e. The summed E-state index contributed by atoms with van der Waals surface area (Å²) in [5.74, 6) is -3.91. The molecule has 0 saturated carbocycles. The molecule has 0 bridgehead atoms. The van der Waals surface area contributed by atoms with Gasteiger partial charge in [0.25, 0.3) is 0 Å². The molecule has 0 aromatic carbocycles. The first-order valence-electron chi connectivity index (χ1n) is 5.10. The molecule has 0 saturated heterocycles. The van der Waals surface area contributed by atoms with Gasteiger partial charge < -0.3 is 15.2 Å². The van der Waals surface area contributed by atoms with E-state index in [4.69, 9.17) is 5.73 Å². The van der Waals surface area contributed by atoms with Gasteiger partial charge in [0.05, 0.1) is 18.5 Å². The summed E-state index contributed by atoms with van der Waals surface area (Å²) in [6.45, 7) is 0.963. The Hall–Kier alpha value is -1.90. The topological polar surface area (TPSA) is 74.4 Å². The van der Waals surface area contributed by atoms with Gasteiger partial charge >= 0.3 is 12.3 Å². The van der Waals surface area contributed by atoms with E-state index in [9.17, 15) is 22.4 Å². The van der Waals surface area contributed by atoms with Crippen molar-refractivity contribution in [2.24, 2.45) is 5.73 Å². The Kier molecular flexibility index (Phi) is 4.65. The minimum Gasteiger partial charge on any atom is -0.462 e. The Morgan fingerprint density at radius 2 is 2.11 bits per heavy atom. The maximum absolute atomic E-state index is 13.4. The zero-order valence-electron chi connectivity index (χ0n) is 9.75. The molecule has 9 heteroatoms. The minimum atomic E-state index is -5.16. The molecule has 0 spiro atoms. The highest BCUT2D eigenvalue weighted by molar-refractivity contribution is 5.93. The van der Waals surface area contributed by atoms with Crippen LogP contribution in [-0.4, -0.2) is 23.9 Å². The Labute approximate surface area is 105 Å². The third-order valence-electron chi connectivity index (χ3n) is 1.96. The van der Waals surface area contributed by atoms with E-state index in [1.165, 1.54) is 6.92 Å². The van der Waals surface area contributed by atoms with Crippen molar-refractivity contribution in [1.82, 2.24) is 4.98 Å². The van der Waals surface area contributed by atoms with E-state index in [0.717, 1.165) is 0 Å². The van der Waals surface area contributed by atoms with Gasteiger partial charge in [-0.15, -0.1) is 13.2 Å². The fourth-order valence-corrected chi connectivity index (χ4v) is 1.29. The largest absolute Gasteiger partial charge is 0.573 e. The Morgan fingerprint density at radius 1 is 1.47 bits per heavy atom. The fraction of sp³-hybridized carbons (Fsp3) is 0.400. The number of halogens is 4. The van der Waals surface area contributed by atoms with Gasteiger partial charge in [-0.2, -0.15) is 0 Å². The van der Waals surface area contributed by atoms with Gasteiger partial charge in [0.1, 0.15) is 5.56 Å². The predicted octanol–water partition coefficient (Wildman–Crippen LogP) is 1.75. The number of esters is 1. The van der Waals surface area contributed by atoms with Crippen molar-refractivity contribution in [1.29, 1.82) is 0 Å². The number of alkyl halides is 3. The van der Waals surface area contributed by atoms with Gasteiger partial charge in [0, 0.05) is 6.54 Å². The number of carbonyl (C=O) groups is 1. The van der Waals surface area contributed by atoms with E-state index < -0.39 is 29.5 Å². The first-order valence-corrected chi connectivity index (χ1v) is 5.10. The van der Waals surface area contributed by atoms with Gasteiger partial charge in [-0.1, -0.05) is 0 Å². The van der Waals surface area contributed by atoms with Crippen molar-refractivity contribution < 1.29 is 31.8 Å². The van der Waals surface area contributed by atoms with E-state index in [2.05, 4.69) is 14.5 Å². The third kappa shape index (κ3) is 3.78. The van der Waals surface area contributed by atoms with Gasteiger partial charge in [0.15, 0.2) is 11.6 Å².